The number of nitrogens with zero attached hydrogens (tertiary/aromatic N) is 4. The van der Waals surface area contributed by atoms with Gasteiger partial charge in [0.15, 0.2) is 0 Å². The molecule has 1 atom stereocenters. The third-order valence-electron chi connectivity index (χ3n) is 4.19. The van der Waals surface area contributed by atoms with Crippen molar-refractivity contribution in [2.24, 2.45) is 5.92 Å². The number of hydrogen-bond donors (Lipinski definition) is 0. The molecule has 1 saturated carbocycles. The van der Waals surface area contributed by atoms with Crippen LogP contribution in [-0.4, -0.2) is 55.8 Å². The number of pyridine rings is 1. The topological polar surface area (TPSA) is 52.4 Å². The van der Waals surface area contributed by atoms with Crippen LogP contribution in [0.15, 0.2) is 12.3 Å². The molecular weight excluding hydrogens is 300 g/mol. The second-order valence-corrected chi connectivity index (χ2v) is 6.65. The molecule has 1 aromatic heterocycles. The van der Waals surface area contributed by atoms with Crippen LogP contribution >= 0.6 is 11.6 Å². The van der Waals surface area contributed by atoms with E-state index in [-0.39, 0.29) is 6.10 Å². The van der Waals surface area contributed by atoms with E-state index in [4.69, 9.17) is 21.6 Å². The summed E-state index contributed by atoms with van der Waals surface area (Å²) in [6, 6.07) is 3.77. The summed E-state index contributed by atoms with van der Waals surface area (Å²) in [4.78, 5) is 8.93. The van der Waals surface area contributed by atoms with E-state index in [1.54, 1.807) is 12.3 Å². The molecule has 1 aliphatic carbocycles. The van der Waals surface area contributed by atoms with Gasteiger partial charge in [0.25, 0.3) is 0 Å². The molecule has 0 spiro atoms. The van der Waals surface area contributed by atoms with Crippen molar-refractivity contribution in [1.29, 1.82) is 5.26 Å². The van der Waals surface area contributed by atoms with Gasteiger partial charge in [-0.25, -0.2) is 4.98 Å². The fourth-order valence-corrected chi connectivity index (χ4v) is 3.09. The van der Waals surface area contributed by atoms with Crippen molar-refractivity contribution in [1.82, 2.24) is 9.88 Å². The van der Waals surface area contributed by atoms with Crippen LogP contribution in [0.25, 0.3) is 0 Å². The first kappa shape index (κ1) is 15.5. The minimum absolute atomic E-state index is 0.172. The zero-order valence-corrected chi connectivity index (χ0v) is 13.6. The number of likely N-dealkylation sites (N-methyl/N-ethyl adjacent to an activating group) is 1. The van der Waals surface area contributed by atoms with Gasteiger partial charge in [0.05, 0.1) is 23.3 Å². The molecule has 1 saturated heterocycles. The van der Waals surface area contributed by atoms with Crippen LogP contribution < -0.4 is 4.90 Å². The smallest absolute Gasteiger partial charge is 0.147 e. The highest BCUT2D eigenvalue weighted by molar-refractivity contribution is 6.33. The Labute approximate surface area is 136 Å². The van der Waals surface area contributed by atoms with E-state index in [1.165, 1.54) is 12.8 Å². The summed E-state index contributed by atoms with van der Waals surface area (Å²) in [5.74, 6) is 1.50. The Morgan fingerprint density at radius 1 is 1.50 bits per heavy atom. The molecule has 0 N–H and O–H groups in total. The molecule has 2 heterocycles. The van der Waals surface area contributed by atoms with E-state index in [2.05, 4.69) is 27.9 Å². The quantitative estimate of drug-likeness (QED) is 0.832. The molecule has 2 fully saturated rings. The molecular formula is C16H21ClN4O. The molecule has 3 rings (SSSR count). The molecule has 2 aliphatic rings. The molecule has 1 aliphatic heterocycles. The van der Waals surface area contributed by atoms with E-state index >= 15 is 0 Å². The second-order valence-electron chi connectivity index (χ2n) is 6.24. The number of rotatable bonds is 5. The summed E-state index contributed by atoms with van der Waals surface area (Å²) in [7, 11) is 2.12. The van der Waals surface area contributed by atoms with Crippen LogP contribution in [0, 0.1) is 17.2 Å². The van der Waals surface area contributed by atoms with Crippen LogP contribution in [0.1, 0.15) is 18.4 Å². The Hall–Kier alpha value is -1.35. The Balaban J connectivity index is 1.75. The van der Waals surface area contributed by atoms with Crippen molar-refractivity contribution in [2.45, 2.75) is 18.9 Å². The van der Waals surface area contributed by atoms with Gasteiger partial charge in [-0.2, -0.15) is 5.26 Å². The standard InChI is InChI=1S/C16H21ClN4O/c1-20-4-5-22-14(10-20)11-21(9-12-2-3-12)16-15(17)6-13(7-18)8-19-16/h6,8,12,14H,2-5,9-11H2,1H3/t14-/m1/s1. The number of anilines is 1. The van der Waals surface area contributed by atoms with Crippen LogP contribution in [0.3, 0.4) is 0 Å². The first-order chi connectivity index (χ1) is 10.7. The molecule has 1 aromatic rings. The number of halogens is 1. The van der Waals surface area contributed by atoms with Gasteiger partial charge in [-0.05, 0) is 31.9 Å². The molecule has 0 aromatic carbocycles. The maximum Gasteiger partial charge on any atom is 0.147 e. The summed E-state index contributed by atoms with van der Waals surface area (Å²) in [6.07, 6.45) is 4.31. The Morgan fingerprint density at radius 2 is 2.32 bits per heavy atom. The molecule has 22 heavy (non-hydrogen) atoms. The summed E-state index contributed by atoms with van der Waals surface area (Å²) in [5.41, 5.74) is 0.494. The molecule has 0 amide bonds. The van der Waals surface area contributed by atoms with Crippen LogP contribution in [-0.2, 0) is 4.74 Å². The molecule has 5 nitrogen and oxygen atoms in total. The fraction of sp³-hybridized carbons (Fsp3) is 0.625. The van der Waals surface area contributed by atoms with Gasteiger partial charge in [-0.15, -0.1) is 0 Å². The highest BCUT2D eigenvalue weighted by atomic mass is 35.5. The lowest BCUT2D eigenvalue weighted by Crippen LogP contribution is -2.46. The number of morpholine rings is 1. The minimum atomic E-state index is 0.172. The normalized spacial score (nSPS) is 22.3. The van der Waals surface area contributed by atoms with E-state index in [1.807, 2.05) is 0 Å². The molecule has 0 bridgehead atoms. The van der Waals surface area contributed by atoms with Gasteiger partial charge in [-0.1, -0.05) is 11.6 Å². The summed E-state index contributed by atoms with van der Waals surface area (Å²) in [5, 5.41) is 9.49. The Bertz CT molecular complexity index is 570. The van der Waals surface area contributed by atoms with Crippen LogP contribution in [0.5, 0.6) is 0 Å². The second kappa shape index (κ2) is 6.82. The lowest BCUT2D eigenvalue weighted by Gasteiger charge is -2.34. The maximum atomic E-state index is 8.95. The van der Waals surface area contributed by atoms with Gasteiger partial charge < -0.3 is 14.5 Å². The molecule has 118 valence electrons. The van der Waals surface area contributed by atoms with Crippen LogP contribution in [0.2, 0.25) is 5.02 Å². The van der Waals surface area contributed by atoms with Crippen molar-refractivity contribution >= 4 is 17.4 Å². The van der Waals surface area contributed by atoms with Gasteiger partial charge in [0.2, 0.25) is 0 Å². The van der Waals surface area contributed by atoms with Crippen molar-refractivity contribution < 1.29 is 4.74 Å². The zero-order valence-electron chi connectivity index (χ0n) is 12.8. The van der Waals surface area contributed by atoms with Crippen LogP contribution in [0.4, 0.5) is 5.82 Å². The monoisotopic (exact) mass is 320 g/mol. The fourth-order valence-electron chi connectivity index (χ4n) is 2.81. The van der Waals surface area contributed by atoms with Gasteiger partial charge in [0.1, 0.15) is 11.9 Å². The summed E-state index contributed by atoms with van der Waals surface area (Å²) >= 11 is 6.35. The van der Waals surface area contributed by atoms with E-state index in [0.717, 1.165) is 44.5 Å². The highest BCUT2D eigenvalue weighted by Gasteiger charge is 2.29. The van der Waals surface area contributed by atoms with E-state index < -0.39 is 0 Å². The Morgan fingerprint density at radius 3 is 2.95 bits per heavy atom. The lowest BCUT2D eigenvalue weighted by molar-refractivity contribution is -0.0149. The van der Waals surface area contributed by atoms with E-state index in [9.17, 15) is 0 Å². The third kappa shape index (κ3) is 3.89. The zero-order chi connectivity index (χ0) is 15.5. The average molecular weight is 321 g/mol. The van der Waals surface area contributed by atoms with Crippen molar-refractivity contribution in [3.63, 3.8) is 0 Å². The van der Waals surface area contributed by atoms with E-state index in [0.29, 0.717) is 10.6 Å². The number of hydrogen-bond acceptors (Lipinski definition) is 5. The lowest BCUT2D eigenvalue weighted by atomic mass is 10.2. The molecule has 0 unspecified atom stereocenters. The van der Waals surface area contributed by atoms with Gasteiger partial charge in [-0.3, -0.25) is 0 Å². The van der Waals surface area contributed by atoms with Crippen molar-refractivity contribution in [3.05, 3.63) is 22.8 Å². The third-order valence-corrected chi connectivity index (χ3v) is 4.47. The van der Waals surface area contributed by atoms with Crippen molar-refractivity contribution in [3.8, 4) is 6.07 Å². The highest BCUT2D eigenvalue weighted by Crippen LogP contribution is 2.33. The first-order valence-corrected chi connectivity index (χ1v) is 8.14. The predicted octanol–water partition coefficient (Wildman–Crippen LogP) is 2.15. The minimum Gasteiger partial charge on any atom is -0.374 e. The number of aromatic nitrogens is 1. The summed E-state index contributed by atoms with van der Waals surface area (Å²) in [6.45, 7) is 4.43. The number of ether oxygens (including phenoxy) is 1. The first-order valence-electron chi connectivity index (χ1n) is 7.76. The Kier molecular flexibility index (Phi) is 4.82. The molecule has 0 radical (unpaired) electrons. The van der Waals surface area contributed by atoms with Gasteiger partial charge >= 0.3 is 0 Å². The summed E-state index contributed by atoms with van der Waals surface area (Å²) < 4.78 is 5.88. The van der Waals surface area contributed by atoms with Gasteiger partial charge in [0, 0.05) is 32.4 Å². The van der Waals surface area contributed by atoms with Crippen molar-refractivity contribution in [2.75, 3.05) is 44.7 Å². The maximum absolute atomic E-state index is 8.95. The SMILES string of the molecule is CN1CCO[C@@H](CN(CC2CC2)c2ncc(C#N)cc2Cl)C1. The molecule has 6 heteroatoms. The predicted molar refractivity (Wildman–Crippen MR) is 86.1 cm³/mol. The number of nitriles is 1. The largest absolute Gasteiger partial charge is 0.374 e. The average Bonchev–Trinajstić information content (AvgIpc) is 3.30.